The van der Waals surface area contributed by atoms with Crippen LogP contribution in [0, 0.1) is 0 Å². The molecular weight excluding hydrogens is 310 g/mol. The smallest absolute Gasteiger partial charge is 0.411 e. The predicted molar refractivity (Wildman–Crippen MR) is 98.3 cm³/mol. The van der Waals surface area contributed by atoms with Crippen LogP contribution in [0.15, 0.2) is 54.6 Å². The van der Waals surface area contributed by atoms with Crippen molar-refractivity contribution in [3.8, 4) is 0 Å². The molecule has 0 saturated carbocycles. The zero-order chi connectivity index (χ0) is 17.9. The normalized spacial score (nSPS) is 29.8. The summed E-state index contributed by atoms with van der Waals surface area (Å²) in [5.74, 6) is 0. The molecule has 0 unspecified atom stereocenters. The summed E-state index contributed by atoms with van der Waals surface area (Å²) in [6.07, 6.45) is 0.589. The van der Waals surface area contributed by atoms with E-state index in [1.165, 1.54) is 11.1 Å². The van der Waals surface area contributed by atoms with E-state index < -0.39 is 11.1 Å². The number of hydrogen-bond acceptors (Lipinski definition) is 2. The molecule has 3 heteroatoms. The number of rotatable bonds is 2. The van der Waals surface area contributed by atoms with Crippen molar-refractivity contribution < 1.29 is 9.53 Å². The Balaban J connectivity index is 1.88. The molecule has 0 bridgehead atoms. The highest BCUT2D eigenvalue weighted by molar-refractivity contribution is 5.74. The number of carbonyl (C=O) groups is 1. The zero-order valence-electron chi connectivity index (χ0n) is 15.4. The molecule has 2 aromatic rings. The first kappa shape index (κ1) is 16.2. The summed E-state index contributed by atoms with van der Waals surface area (Å²) in [5.41, 5.74) is 2.57. The van der Waals surface area contributed by atoms with Crippen molar-refractivity contribution in [1.82, 2.24) is 4.90 Å². The molecule has 1 amide bonds. The number of nitrogens with zero attached hydrogens (tertiary/aromatic N) is 1. The summed E-state index contributed by atoms with van der Waals surface area (Å²) in [5, 5.41) is 0. The van der Waals surface area contributed by atoms with Gasteiger partial charge in [-0.05, 0) is 42.4 Å². The number of hydrogen-bond donors (Lipinski definition) is 0. The third kappa shape index (κ3) is 2.14. The van der Waals surface area contributed by atoms with Crippen LogP contribution in [0.25, 0.3) is 0 Å². The lowest BCUT2D eigenvalue weighted by Gasteiger charge is -2.52. The molecule has 1 aliphatic heterocycles. The van der Waals surface area contributed by atoms with Gasteiger partial charge in [-0.3, -0.25) is 4.90 Å². The van der Waals surface area contributed by atoms with Gasteiger partial charge in [0, 0.05) is 0 Å². The minimum absolute atomic E-state index is 0.0338. The minimum atomic E-state index is -0.545. The first-order valence-electron chi connectivity index (χ1n) is 8.92. The van der Waals surface area contributed by atoms with E-state index in [-0.39, 0.29) is 11.5 Å². The van der Waals surface area contributed by atoms with E-state index in [1.54, 1.807) is 0 Å². The van der Waals surface area contributed by atoms with Crippen LogP contribution in [0.3, 0.4) is 0 Å². The van der Waals surface area contributed by atoms with E-state index in [9.17, 15) is 4.79 Å². The van der Waals surface area contributed by atoms with Gasteiger partial charge < -0.3 is 4.74 Å². The maximum atomic E-state index is 12.9. The lowest BCUT2D eigenvalue weighted by atomic mass is 9.59. The molecule has 1 fully saturated rings. The highest BCUT2D eigenvalue weighted by atomic mass is 16.6. The second-order valence-corrected chi connectivity index (χ2v) is 8.35. The standard InChI is InChI=1S/C22H25NO2/c1-20(2)15-21(3)22(4,18-13-9-8-12-17(18)20)23(19(24)25-21)14-16-10-6-5-7-11-16/h5-13H,14-15H2,1-4H3/t21-,22+/m0/s1. The second kappa shape index (κ2) is 5.10. The topological polar surface area (TPSA) is 29.5 Å². The van der Waals surface area contributed by atoms with E-state index >= 15 is 0 Å². The Morgan fingerprint density at radius 1 is 0.920 bits per heavy atom. The summed E-state index contributed by atoms with van der Waals surface area (Å²) >= 11 is 0. The molecule has 0 aromatic heterocycles. The second-order valence-electron chi connectivity index (χ2n) is 8.35. The van der Waals surface area contributed by atoms with Crippen LogP contribution in [0.1, 0.15) is 50.8 Å². The lowest BCUT2D eigenvalue weighted by Crippen LogP contribution is -2.58. The Bertz CT molecular complexity index is 829. The number of ether oxygens (including phenoxy) is 1. The lowest BCUT2D eigenvalue weighted by molar-refractivity contribution is -0.0303. The number of carbonyl (C=O) groups excluding carboxylic acids is 1. The first-order valence-corrected chi connectivity index (χ1v) is 8.92. The van der Waals surface area contributed by atoms with E-state index in [1.807, 2.05) is 23.1 Å². The van der Waals surface area contributed by atoms with Gasteiger partial charge >= 0.3 is 6.09 Å². The van der Waals surface area contributed by atoms with Crippen molar-refractivity contribution in [3.63, 3.8) is 0 Å². The maximum Gasteiger partial charge on any atom is 0.411 e. The quantitative estimate of drug-likeness (QED) is 0.773. The van der Waals surface area contributed by atoms with E-state index in [2.05, 4.69) is 64.1 Å². The monoisotopic (exact) mass is 335 g/mol. The highest BCUT2D eigenvalue weighted by Crippen LogP contribution is 2.58. The summed E-state index contributed by atoms with van der Waals surface area (Å²) in [7, 11) is 0. The van der Waals surface area contributed by atoms with E-state index in [0.717, 1.165) is 12.0 Å². The molecule has 2 aliphatic rings. The Morgan fingerprint density at radius 3 is 2.20 bits per heavy atom. The van der Waals surface area contributed by atoms with Crippen molar-refractivity contribution in [2.24, 2.45) is 0 Å². The molecule has 1 saturated heterocycles. The molecule has 0 N–H and O–H groups in total. The average Bonchev–Trinajstić information content (AvgIpc) is 2.76. The third-order valence-corrected chi connectivity index (χ3v) is 6.25. The highest BCUT2D eigenvalue weighted by Gasteiger charge is 2.65. The molecule has 3 nitrogen and oxygen atoms in total. The molecule has 2 atom stereocenters. The largest absolute Gasteiger partial charge is 0.440 e. The van der Waals surface area contributed by atoms with Crippen molar-refractivity contribution in [2.75, 3.05) is 0 Å². The molecule has 2 aromatic carbocycles. The van der Waals surface area contributed by atoms with Crippen LogP contribution in [0.4, 0.5) is 4.79 Å². The third-order valence-electron chi connectivity index (χ3n) is 6.25. The SMILES string of the molecule is CC1(C)C[C@]2(C)OC(=O)N(Cc3ccccc3)[C@]2(C)c2ccccc21. The van der Waals surface area contributed by atoms with Gasteiger partial charge in [-0.15, -0.1) is 0 Å². The van der Waals surface area contributed by atoms with E-state index in [0.29, 0.717) is 6.54 Å². The van der Waals surface area contributed by atoms with Crippen molar-refractivity contribution in [2.45, 2.75) is 57.2 Å². The molecular formula is C22H25NO2. The van der Waals surface area contributed by atoms with Gasteiger partial charge in [0.25, 0.3) is 0 Å². The van der Waals surface area contributed by atoms with Gasteiger partial charge in [-0.25, -0.2) is 4.79 Å². The van der Waals surface area contributed by atoms with E-state index in [4.69, 9.17) is 4.74 Å². The zero-order valence-corrected chi connectivity index (χ0v) is 15.4. The van der Waals surface area contributed by atoms with Crippen LogP contribution >= 0.6 is 0 Å². The number of fused-ring (bicyclic) bond motifs is 3. The molecule has 1 aliphatic carbocycles. The van der Waals surface area contributed by atoms with Crippen LogP contribution in [-0.4, -0.2) is 16.6 Å². The summed E-state index contributed by atoms with van der Waals surface area (Å²) in [6, 6.07) is 18.7. The van der Waals surface area contributed by atoms with Crippen molar-refractivity contribution >= 4 is 6.09 Å². The summed E-state index contributed by atoms with van der Waals surface area (Å²) in [6.45, 7) is 9.29. The summed E-state index contributed by atoms with van der Waals surface area (Å²) < 4.78 is 6.02. The van der Waals surface area contributed by atoms with Gasteiger partial charge in [-0.2, -0.15) is 0 Å². The van der Waals surface area contributed by atoms with Crippen molar-refractivity contribution in [1.29, 1.82) is 0 Å². The Kier molecular flexibility index (Phi) is 3.31. The fourth-order valence-corrected chi connectivity index (χ4v) is 4.88. The maximum absolute atomic E-state index is 12.9. The molecule has 1 heterocycles. The van der Waals surface area contributed by atoms with Gasteiger partial charge in [0.15, 0.2) is 0 Å². The minimum Gasteiger partial charge on any atom is -0.440 e. The predicted octanol–water partition coefficient (Wildman–Crippen LogP) is 4.99. The van der Waals surface area contributed by atoms with Crippen LogP contribution < -0.4 is 0 Å². The van der Waals surface area contributed by atoms with Gasteiger partial charge in [0.05, 0.1) is 6.54 Å². The van der Waals surface area contributed by atoms with Gasteiger partial charge in [0.2, 0.25) is 0 Å². The molecule has 25 heavy (non-hydrogen) atoms. The molecule has 130 valence electrons. The number of benzene rings is 2. The van der Waals surface area contributed by atoms with Crippen molar-refractivity contribution in [3.05, 3.63) is 71.3 Å². The van der Waals surface area contributed by atoms with Gasteiger partial charge in [0.1, 0.15) is 11.1 Å². The van der Waals surface area contributed by atoms with Crippen LogP contribution in [0.2, 0.25) is 0 Å². The fourth-order valence-electron chi connectivity index (χ4n) is 4.88. The Hall–Kier alpha value is -2.29. The molecule has 0 spiro atoms. The average molecular weight is 335 g/mol. The Labute approximate surface area is 149 Å². The first-order chi connectivity index (χ1) is 11.8. The van der Waals surface area contributed by atoms with Crippen LogP contribution in [0.5, 0.6) is 0 Å². The van der Waals surface area contributed by atoms with Gasteiger partial charge in [-0.1, -0.05) is 68.4 Å². The molecule has 4 rings (SSSR count). The fraction of sp³-hybridized carbons (Fsp3) is 0.409. The Morgan fingerprint density at radius 2 is 1.52 bits per heavy atom. The van der Waals surface area contributed by atoms with Crippen LogP contribution in [-0.2, 0) is 22.2 Å². The molecule has 0 radical (unpaired) electrons. The number of amides is 1. The summed E-state index contributed by atoms with van der Waals surface area (Å²) in [4.78, 5) is 14.8.